The highest BCUT2D eigenvalue weighted by molar-refractivity contribution is 5.96. The summed E-state index contributed by atoms with van der Waals surface area (Å²) in [5.74, 6) is -0.945. The number of piperidine rings is 1. The molecule has 0 spiro atoms. The molecule has 2 N–H and O–H groups in total. The summed E-state index contributed by atoms with van der Waals surface area (Å²) in [5, 5.41) is 22.1. The van der Waals surface area contributed by atoms with E-state index in [-0.39, 0.29) is 18.9 Å². The fourth-order valence-electron chi connectivity index (χ4n) is 3.95. The van der Waals surface area contributed by atoms with Crippen molar-refractivity contribution in [2.24, 2.45) is 11.3 Å². The summed E-state index contributed by atoms with van der Waals surface area (Å²) in [7, 11) is 0. The first-order valence-electron chi connectivity index (χ1n) is 9.05. The van der Waals surface area contributed by atoms with Crippen molar-refractivity contribution in [2.75, 3.05) is 13.1 Å². The van der Waals surface area contributed by atoms with Crippen LogP contribution in [0.4, 0.5) is 0 Å². The Bertz CT molecular complexity index is 864. The second-order valence-electron chi connectivity index (χ2n) is 7.56. The van der Waals surface area contributed by atoms with Gasteiger partial charge in [-0.3, -0.25) is 14.6 Å². The monoisotopic (exact) mass is 354 g/mol. The molecule has 2 aromatic rings. The maximum Gasteiger partial charge on any atom is 0.314 e. The predicted molar refractivity (Wildman–Crippen MR) is 95.7 cm³/mol. The number of carboxylic acid groups (broad SMARTS) is 1. The number of likely N-dealkylation sites (tertiary alicyclic amines) is 1. The number of rotatable bonds is 4. The zero-order valence-corrected chi connectivity index (χ0v) is 14.5. The fourth-order valence-corrected chi connectivity index (χ4v) is 3.95. The molecule has 4 rings (SSSR count). The first-order valence-corrected chi connectivity index (χ1v) is 9.05. The third-order valence-electron chi connectivity index (χ3n) is 5.70. The Morgan fingerprint density at radius 1 is 1.19 bits per heavy atom. The molecule has 1 aromatic carbocycles. The number of aliphatic hydroxyl groups excluding tert-OH is 1. The molecule has 0 radical (unpaired) electrons. The second-order valence-corrected chi connectivity index (χ2v) is 7.56. The summed E-state index contributed by atoms with van der Waals surface area (Å²) < 4.78 is 0. The molecule has 2 atom stereocenters. The lowest BCUT2D eigenvalue weighted by Crippen LogP contribution is -2.57. The highest BCUT2D eigenvalue weighted by Gasteiger charge is 2.52. The second kappa shape index (κ2) is 6.36. The summed E-state index contributed by atoms with van der Waals surface area (Å²) in [6.07, 6.45) is 3.45. The number of carboxylic acids is 1. The van der Waals surface area contributed by atoms with E-state index in [0.717, 1.165) is 23.6 Å². The number of carbonyl (C=O) groups is 2. The highest BCUT2D eigenvalue weighted by Crippen LogP contribution is 2.45. The Hall–Kier alpha value is -2.47. The van der Waals surface area contributed by atoms with Gasteiger partial charge in [0, 0.05) is 24.7 Å². The van der Waals surface area contributed by atoms with Gasteiger partial charge in [-0.1, -0.05) is 37.1 Å². The molecule has 0 unspecified atom stereocenters. The number of benzene rings is 1. The van der Waals surface area contributed by atoms with Gasteiger partial charge in [0.05, 0.1) is 6.10 Å². The van der Waals surface area contributed by atoms with E-state index >= 15 is 0 Å². The van der Waals surface area contributed by atoms with Gasteiger partial charge in [-0.25, -0.2) is 0 Å². The Morgan fingerprint density at radius 3 is 2.62 bits per heavy atom. The molecule has 2 heterocycles. The van der Waals surface area contributed by atoms with Gasteiger partial charge in [0.15, 0.2) is 0 Å². The van der Waals surface area contributed by atoms with E-state index in [9.17, 15) is 19.8 Å². The lowest BCUT2D eigenvalue weighted by atomic mass is 9.73. The van der Waals surface area contributed by atoms with Crippen molar-refractivity contribution < 1.29 is 19.8 Å². The van der Waals surface area contributed by atoms with Crippen LogP contribution in [0.3, 0.4) is 0 Å². The third-order valence-corrected chi connectivity index (χ3v) is 5.70. The number of carbonyl (C=O) groups excluding carboxylic acids is 1. The van der Waals surface area contributed by atoms with E-state index < -0.39 is 17.5 Å². The van der Waals surface area contributed by atoms with Crippen LogP contribution in [0.25, 0.3) is 10.8 Å². The van der Waals surface area contributed by atoms with E-state index in [2.05, 4.69) is 4.98 Å². The molecule has 2 fully saturated rings. The maximum absolute atomic E-state index is 13.0. The normalized spacial score (nSPS) is 26.0. The van der Waals surface area contributed by atoms with Crippen molar-refractivity contribution in [3.05, 3.63) is 42.2 Å². The van der Waals surface area contributed by atoms with Crippen LogP contribution in [0.15, 0.2) is 36.5 Å². The van der Waals surface area contributed by atoms with Crippen molar-refractivity contribution in [1.29, 1.82) is 0 Å². The molecule has 1 saturated carbocycles. The summed E-state index contributed by atoms with van der Waals surface area (Å²) in [5.41, 5.74) is -0.961. The van der Waals surface area contributed by atoms with E-state index in [0.29, 0.717) is 24.6 Å². The van der Waals surface area contributed by atoms with Crippen LogP contribution in [0.2, 0.25) is 0 Å². The molecular weight excluding hydrogens is 332 g/mol. The molecule has 0 bridgehead atoms. The molecule has 1 aliphatic carbocycles. The van der Waals surface area contributed by atoms with E-state index in [1.807, 2.05) is 24.3 Å². The van der Waals surface area contributed by atoms with Gasteiger partial charge in [-0.2, -0.15) is 0 Å². The van der Waals surface area contributed by atoms with E-state index in [4.69, 9.17) is 0 Å². The number of hydrogen-bond acceptors (Lipinski definition) is 4. The van der Waals surface area contributed by atoms with Crippen LogP contribution in [-0.4, -0.2) is 51.2 Å². The topological polar surface area (TPSA) is 90.7 Å². The number of amides is 1. The van der Waals surface area contributed by atoms with Crippen LogP contribution in [0, 0.1) is 11.3 Å². The molecule has 1 aromatic heterocycles. The van der Waals surface area contributed by atoms with Gasteiger partial charge < -0.3 is 15.1 Å². The molecule has 1 amide bonds. The van der Waals surface area contributed by atoms with Gasteiger partial charge in [-0.05, 0) is 30.2 Å². The fraction of sp³-hybridized carbons (Fsp3) is 0.450. The van der Waals surface area contributed by atoms with Gasteiger partial charge in [0.1, 0.15) is 11.1 Å². The van der Waals surface area contributed by atoms with Gasteiger partial charge in [0.25, 0.3) is 5.91 Å². The minimum absolute atomic E-state index is 0.0351. The molecule has 6 nitrogen and oxygen atoms in total. The maximum atomic E-state index is 13.0. The first kappa shape index (κ1) is 17.0. The van der Waals surface area contributed by atoms with Gasteiger partial charge >= 0.3 is 5.97 Å². The first-order chi connectivity index (χ1) is 12.5. The Morgan fingerprint density at radius 2 is 1.92 bits per heavy atom. The molecule has 136 valence electrons. The minimum atomic E-state index is -1.27. The van der Waals surface area contributed by atoms with Gasteiger partial charge in [0.2, 0.25) is 0 Å². The zero-order valence-electron chi connectivity index (χ0n) is 14.5. The predicted octanol–water partition coefficient (Wildman–Crippen LogP) is 2.31. The number of aromatic nitrogens is 1. The third kappa shape index (κ3) is 2.94. The molecular formula is C20H22N2O4. The van der Waals surface area contributed by atoms with Crippen LogP contribution < -0.4 is 0 Å². The number of hydrogen-bond donors (Lipinski definition) is 2. The van der Waals surface area contributed by atoms with Crippen LogP contribution in [0.1, 0.15) is 36.2 Å². The summed E-state index contributed by atoms with van der Waals surface area (Å²) in [6.45, 7) is 0.377. The smallest absolute Gasteiger partial charge is 0.314 e. The molecule has 2 aliphatic rings. The summed E-state index contributed by atoms with van der Waals surface area (Å²) in [4.78, 5) is 30.8. The van der Waals surface area contributed by atoms with Crippen LogP contribution in [0.5, 0.6) is 0 Å². The summed E-state index contributed by atoms with van der Waals surface area (Å²) >= 11 is 0. The SMILES string of the molecule is O=C(c1cc2ccccc2cn1)N1CC[C@H](O)[C@@](CC2CC2)(C(=O)O)C1. The van der Waals surface area contributed by atoms with Crippen molar-refractivity contribution in [1.82, 2.24) is 9.88 Å². The van der Waals surface area contributed by atoms with Gasteiger partial charge in [-0.15, -0.1) is 0 Å². The standard InChI is InChI=1S/C20H22N2O4/c23-17-7-8-22(12-20(17,19(25)26)10-13-5-6-13)18(24)16-9-14-3-1-2-4-15(14)11-21-16/h1-4,9,11,13,17,23H,5-8,10,12H2,(H,25,26)/t17-,20-/m0/s1. The molecule has 26 heavy (non-hydrogen) atoms. The lowest BCUT2D eigenvalue weighted by Gasteiger charge is -2.43. The lowest BCUT2D eigenvalue weighted by molar-refractivity contribution is -0.163. The highest BCUT2D eigenvalue weighted by atomic mass is 16.4. The number of aliphatic carboxylic acids is 1. The quantitative estimate of drug-likeness (QED) is 0.879. The summed E-state index contributed by atoms with van der Waals surface area (Å²) in [6, 6.07) is 9.41. The zero-order chi connectivity index (χ0) is 18.3. The largest absolute Gasteiger partial charge is 0.481 e. The molecule has 1 saturated heterocycles. The molecule has 6 heteroatoms. The minimum Gasteiger partial charge on any atom is -0.481 e. The van der Waals surface area contributed by atoms with E-state index in [1.54, 1.807) is 17.2 Å². The van der Waals surface area contributed by atoms with Crippen LogP contribution in [-0.2, 0) is 4.79 Å². The van der Waals surface area contributed by atoms with Crippen LogP contribution >= 0.6 is 0 Å². The Labute approximate surface area is 151 Å². The Kier molecular flexibility index (Phi) is 4.15. The number of pyridine rings is 1. The Balaban J connectivity index is 1.61. The van der Waals surface area contributed by atoms with Crippen molar-refractivity contribution in [2.45, 2.75) is 31.8 Å². The van der Waals surface area contributed by atoms with Crippen molar-refractivity contribution >= 4 is 22.6 Å². The number of fused-ring (bicyclic) bond motifs is 1. The van der Waals surface area contributed by atoms with Crippen molar-refractivity contribution in [3.63, 3.8) is 0 Å². The van der Waals surface area contributed by atoms with E-state index in [1.165, 1.54) is 0 Å². The van der Waals surface area contributed by atoms with Crippen molar-refractivity contribution in [3.8, 4) is 0 Å². The average Bonchev–Trinajstić information content (AvgIpc) is 3.46. The number of nitrogens with zero attached hydrogens (tertiary/aromatic N) is 2. The number of aliphatic hydroxyl groups is 1. The average molecular weight is 354 g/mol. The molecule has 1 aliphatic heterocycles.